The van der Waals surface area contributed by atoms with Crippen LogP contribution in [-0.2, 0) is 20.7 Å². The fraction of sp³-hybridized carbons (Fsp3) is 0.435. The zero-order valence-corrected chi connectivity index (χ0v) is 20.4. The molecule has 2 aromatic rings. The molecule has 0 aliphatic rings. The molecule has 3 N–H and O–H groups in total. The van der Waals surface area contributed by atoms with Crippen molar-refractivity contribution in [3.05, 3.63) is 51.4 Å². The number of benzene rings is 1. The number of ether oxygens (including phenoxy) is 1. The lowest BCUT2D eigenvalue weighted by Crippen LogP contribution is -2.39. The van der Waals surface area contributed by atoms with Gasteiger partial charge < -0.3 is 15.8 Å². The maximum absolute atomic E-state index is 13.0. The quantitative estimate of drug-likeness (QED) is 0.430. The van der Waals surface area contributed by atoms with Crippen LogP contribution in [0, 0.1) is 0 Å². The molecule has 2 rings (SSSR count). The molecule has 170 valence electrons. The highest BCUT2D eigenvalue weighted by molar-refractivity contribution is 7.15. The molecule has 1 atom stereocenters. The van der Waals surface area contributed by atoms with E-state index in [0.717, 1.165) is 5.56 Å². The zero-order chi connectivity index (χ0) is 23.8. The van der Waals surface area contributed by atoms with Crippen molar-refractivity contribution in [1.82, 2.24) is 0 Å². The summed E-state index contributed by atoms with van der Waals surface area (Å²) < 4.78 is 5.20. The minimum atomic E-state index is -1.09. The van der Waals surface area contributed by atoms with Crippen molar-refractivity contribution in [3.8, 4) is 0 Å². The largest absolute Gasteiger partial charge is 0.460 e. The summed E-state index contributed by atoms with van der Waals surface area (Å²) in [6.45, 7) is 11.1. The van der Waals surface area contributed by atoms with E-state index < -0.39 is 23.5 Å². The predicted molar refractivity (Wildman–Crippen MR) is 127 cm³/mol. The molecule has 0 spiro atoms. The smallest absolute Gasteiger partial charge is 0.308 e. The number of hydrogen-bond acceptors (Lipinski definition) is 6. The van der Waals surface area contributed by atoms with Gasteiger partial charge in [-0.3, -0.25) is 14.4 Å². The number of halogens is 1. The van der Waals surface area contributed by atoms with E-state index in [1.54, 1.807) is 45.0 Å². The Bertz CT molecular complexity index is 901. The monoisotopic (exact) mass is 466 g/mol. The topological polar surface area (TPSA) is 98.5 Å². The van der Waals surface area contributed by atoms with Crippen molar-refractivity contribution in [2.45, 2.75) is 66.0 Å². The zero-order valence-electron chi connectivity index (χ0n) is 18.9. The maximum Gasteiger partial charge on any atom is 0.308 e. The Morgan fingerprint density at radius 1 is 1.16 bits per heavy atom. The van der Waals surface area contributed by atoms with Crippen LogP contribution in [-0.4, -0.2) is 29.3 Å². The van der Waals surface area contributed by atoms with Crippen LogP contribution in [0.1, 0.15) is 69.4 Å². The number of amides is 1. The van der Waals surface area contributed by atoms with Gasteiger partial charge in [-0.25, -0.2) is 0 Å². The van der Waals surface area contributed by atoms with Crippen molar-refractivity contribution in [2.24, 2.45) is 5.73 Å². The number of hydrogen-bond donors (Lipinski definition) is 2. The minimum Gasteiger partial charge on any atom is -0.460 e. The number of nitrogens with one attached hydrogen (secondary N) is 1. The number of carbonyl (C=O) groups is 3. The van der Waals surface area contributed by atoms with Crippen molar-refractivity contribution in [2.75, 3.05) is 5.32 Å². The van der Waals surface area contributed by atoms with Gasteiger partial charge in [-0.05, 0) is 62.4 Å². The van der Waals surface area contributed by atoms with Crippen LogP contribution in [0.3, 0.4) is 0 Å². The average molecular weight is 467 g/mol. The number of aryl methyl sites for hydroxylation is 1. The van der Waals surface area contributed by atoms with Gasteiger partial charge in [0.1, 0.15) is 10.6 Å². The third-order valence-electron chi connectivity index (χ3n) is 3.96. The molecule has 6 nitrogen and oxygen atoms in total. The van der Waals surface area contributed by atoms with Gasteiger partial charge in [0, 0.05) is 10.6 Å². The standard InChI is InChI=1S/C21H25ClN2O4S.C2H6/c1-5-12-11-29-20(17(12)18(26)13-6-8-14(22)9-7-13)24-19(27)15(23)10-16(25)28-21(2,3)4;1-2/h6-9,11,15H,5,10,23H2,1-4H3,(H,24,27);1-2H3. The first-order chi connectivity index (χ1) is 14.5. The SMILES string of the molecule is CC.CCc1csc(NC(=O)C(N)CC(=O)OC(C)(C)C)c1C(=O)c1ccc(Cl)cc1. The molecule has 1 heterocycles. The van der Waals surface area contributed by atoms with Crippen LogP contribution in [0.25, 0.3) is 0 Å². The van der Waals surface area contributed by atoms with Crippen LogP contribution in [0.5, 0.6) is 0 Å². The molecule has 1 amide bonds. The average Bonchev–Trinajstić information content (AvgIpc) is 3.10. The summed E-state index contributed by atoms with van der Waals surface area (Å²) in [5.74, 6) is -1.32. The molecular formula is C23H31ClN2O4S. The van der Waals surface area contributed by atoms with E-state index in [1.165, 1.54) is 11.3 Å². The molecule has 0 radical (unpaired) electrons. The van der Waals surface area contributed by atoms with Crippen LogP contribution >= 0.6 is 22.9 Å². The van der Waals surface area contributed by atoms with E-state index in [-0.39, 0.29) is 12.2 Å². The second-order valence-corrected chi connectivity index (χ2v) is 8.86. The van der Waals surface area contributed by atoms with Gasteiger partial charge >= 0.3 is 5.97 Å². The lowest BCUT2D eigenvalue weighted by molar-refractivity contribution is -0.155. The highest BCUT2D eigenvalue weighted by atomic mass is 35.5. The van der Waals surface area contributed by atoms with Crippen LogP contribution in [0.2, 0.25) is 5.02 Å². The lowest BCUT2D eigenvalue weighted by Gasteiger charge is -2.20. The Hall–Kier alpha value is -2.22. The van der Waals surface area contributed by atoms with E-state index in [4.69, 9.17) is 22.1 Å². The van der Waals surface area contributed by atoms with Crippen LogP contribution in [0.4, 0.5) is 5.00 Å². The first-order valence-electron chi connectivity index (χ1n) is 10.2. The maximum atomic E-state index is 13.0. The molecule has 0 saturated carbocycles. The Morgan fingerprint density at radius 2 is 1.74 bits per heavy atom. The van der Waals surface area contributed by atoms with Gasteiger partial charge in [-0.1, -0.05) is 32.4 Å². The summed E-state index contributed by atoms with van der Waals surface area (Å²) >= 11 is 7.15. The summed E-state index contributed by atoms with van der Waals surface area (Å²) in [6, 6.07) is 5.47. The molecule has 1 aromatic heterocycles. The molecule has 0 fully saturated rings. The first kappa shape index (κ1) is 26.8. The number of rotatable bonds is 7. The number of nitrogens with two attached hydrogens (primary N) is 1. The summed E-state index contributed by atoms with van der Waals surface area (Å²) in [5.41, 5.74) is 6.93. The Kier molecular flexibility index (Phi) is 10.4. The number of esters is 1. The highest BCUT2D eigenvalue weighted by Crippen LogP contribution is 2.31. The number of thiophene rings is 1. The van der Waals surface area contributed by atoms with Crippen LogP contribution < -0.4 is 11.1 Å². The molecule has 0 aliphatic carbocycles. The van der Waals surface area contributed by atoms with Gasteiger partial charge in [0.2, 0.25) is 5.91 Å². The molecule has 0 saturated heterocycles. The fourth-order valence-corrected chi connectivity index (χ4v) is 3.77. The molecule has 0 aliphatic heterocycles. The minimum absolute atomic E-state index is 0.212. The lowest BCUT2D eigenvalue weighted by atomic mass is 10.0. The molecule has 31 heavy (non-hydrogen) atoms. The number of ketones is 1. The summed E-state index contributed by atoms with van der Waals surface area (Å²) in [4.78, 5) is 37.4. The fourth-order valence-electron chi connectivity index (χ4n) is 2.60. The third kappa shape index (κ3) is 8.09. The van der Waals surface area contributed by atoms with Gasteiger partial charge in [0.25, 0.3) is 0 Å². The van der Waals surface area contributed by atoms with Crippen molar-refractivity contribution in [3.63, 3.8) is 0 Å². The Morgan fingerprint density at radius 3 is 2.26 bits per heavy atom. The van der Waals surface area contributed by atoms with Gasteiger partial charge in [-0.2, -0.15) is 0 Å². The molecular weight excluding hydrogens is 436 g/mol. The molecule has 0 bridgehead atoms. The Labute approximate surface area is 193 Å². The summed E-state index contributed by atoms with van der Waals surface area (Å²) in [7, 11) is 0. The van der Waals surface area contributed by atoms with E-state index in [9.17, 15) is 14.4 Å². The van der Waals surface area contributed by atoms with Crippen molar-refractivity contribution < 1.29 is 19.1 Å². The third-order valence-corrected chi connectivity index (χ3v) is 5.16. The number of carbonyl (C=O) groups excluding carboxylic acids is 3. The highest BCUT2D eigenvalue weighted by Gasteiger charge is 2.26. The van der Waals surface area contributed by atoms with Crippen molar-refractivity contribution >= 4 is 45.6 Å². The normalized spacial score (nSPS) is 11.7. The van der Waals surface area contributed by atoms with Crippen molar-refractivity contribution in [1.29, 1.82) is 0 Å². The molecule has 8 heteroatoms. The van der Waals surface area contributed by atoms with Gasteiger partial charge in [-0.15, -0.1) is 11.3 Å². The van der Waals surface area contributed by atoms with E-state index in [0.29, 0.717) is 27.6 Å². The first-order valence-corrected chi connectivity index (χ1v) is 11.5. The van der Waals surface area contributed by atoms with E-state index in [2.05, 4.69) is 5.32 Å². The van der Waals surface area contributed by atoms with E-state index >= 15 is 0 Å². The van der Waals surface area contributed by atoms with Crippen LogP contribution in [0.15, 0.2) is 29.6 Å². The predicted octanol–water partition coefficient (Wildman–Crippen LogP) is 5.22. The number of anilines is 1. The Balaban J connectivity index is 0.00000233. The van der Waals surface area contributed by atoms with E-state index in [1.807, 2.05) is 26.2 Å². The van der Waals surface area contributed by atoms with Gasteiger partial charge in [0.05, 0.1) is 18.0 Å². The second-order valence-electron chi connectivity index (χ2n) is 7.54. The molecule has 1 aromatic carbocycles. The molecule has 1 unspecified atom stereocenters. The summed E-state index contributed by atoms with van der Waals surface area (Å²) in [5, 5.41) is 5.47. The second kappa shape index (κ2) is 12.0. The van der Waals surface area contributed by atoms with Gasteiger partial charge in [0.15, 0.2) is 5.78 Å². The summed E-state index contributed by atoms with van der Waals surface area (Å²) in [6.07, 6.45) is 0.376.